The van der Waals surface area contributed by atoms with Crippen molar-refractivity contribution in [2.45, 2.75) is 12.8 Å². The minimum atomic E-state index is -4.09. The summed E-state index contributed by atoms with van der Waals surface area (Å²) in [5, 5.41) is 0. The largest absolute Gasteiger partial charge is 1.00 e. The summed E-state index contributed by atoms with van der Waals surface area (Å²) in [6.45, 7) is 4.05. The molecule has 0 aromatic heterocycles. The number of hydrogen-bond acceptors (Lipinski definition) is 4. The third-order valence-electron chi connectivity index (χ3n) is 2.17. The molecule has 0 saturated carbocycles. The fraction of sp³-hybridized carbons (Fsp3) is 0.333. The second kappa shape index (κ2) is 8.72. The number of rotatable bonds is 7. The zero-order valence-corrected chi connectivity index (χ0v) is 13.3. The molecular formula is C12H15NaO4S. The molecule has 94 valence electrons. The smallest absolute Gasteiger partial charge is 0.748 e. The maximum absolute atomic E-state index is 10.3. The van der Waals surface area contributed by atoms with E-state index in [1.165, 1.54) is 0 Å². The molecule has 4 nitrogen and oxygen atoms in total. The van der Waals surface area contributed by atoms with E-state index in [1.807, 2.05) is 24.3 Å². The van der Waals surface area contributed by atoms with Gasteiger partial charge in [0.1, 0.15) is 5.75 Å². The van der Waals surface area contributed by atoms with Crippen LogP contribution in [0.15, 0.2) is 30.8 Å². The van der Waals surface area contributed by atoms with Crippen LogP contribution in [0, 0.1) is 0 Å². The third kappa shape index (κ3) is 7.89. The van der Waals surface area contributed by atoms with Gasteiger partial charge in [-0.2, -0.15) is 0 Å². The predicted molar refractivity (Wildman–Crippen MR) is 65.8 cm³/mol. The van der Waals surface area contributed by atoms with Crippen LogP contribution in [0.2, 0.25) is 0 Å². The standard InChI is InChI=1S/C12H16O4S.Na/c1-2-11-5-7-12(8-6-11)16-9-3-4-10-17(13,14)15;/h2,5-8H,1,3-4,9-10H2,(H,13,14,15);/q;+1/p-1. The summed E-state index contributed by atoms with van der Waals surface area (Å²) in [6.07, 6.45) is 2.62. The van der Waals surface area contributed by atoms with E-state index >= 15 is 0 Å². The Morgan fingerprint density at radius 3 is 2.33 bits per heavy atom. The molecule has 0 heterocycles. The van der Waals surface area contributed by atoms with Crippen LogP contribution in [0.3, 0.4) is 0 Å². The minimum absolute atomic E-state index is 0. The Kier molecular flexibility index (Phi) is 8.56. The van der Waals surface area contributed by atoms with Gasteiger partial charge in [0.15, 0.2) is 0 Å². The average molecular weight is 278 g/mol. The maximum Gasteiger partial charge on any atom is 1.00 e. The summed E-state index contributed by atoms with van der Waals surface area (Å²) in [5.41, 5.74) is 1.01. The molecule has 1 rings (SSSR count). The summed E-state index contributed by atoms with van der Waals surface area (Å²) >= 11 is 0. The number of benzene rings is 1. The Bertz CT molecular complexity index is 453. The van der Waals surface area contributed by atoms with E-state index in [0.717, 1.165) is 11.3 Å². The quantitative estimate of drug-likeness (QED) is 0.366. The van der Waals surface area contributed by atoms with E-state index in [2.05, 4.69) is 6.58 Å². The second-order valence-electron chi connectivity index (χ2n) is 3.59. The van der Waals surface area contributed by atoms with Crippen molar-refractivity contribution in [3.63, 3.8) is 0 Å². The summed E-state index contributed by atoms with van der Waals surface area (Å²) < 4.78 is 36.4. The van der Waals surface area contributed by atoms with Crippen molar-refractivity contribution in [2.75, 3.05) is 12.4 Å². The van der Waals surface area contributed by atoms with Crippen molar-refractivity contribution in [3.05, 3.63) is 36.4 Å². The van der Waals surface area contributed by atoms with Crippen molar-refractivity contribution in [3.8, 4) is 5.75 Å². The Hall–Kier alpha value is -0.330. The van der Waals surface area contributed by atoms with E-state index in [-0.39, 0.29) is 35.3 Å². The first-order chi connectivity index (χ1) is 8.01. The monoisotopic (exact) mass is 278 g/mol. The van der Waals surface area contributed by atoms with Gasteiger partial charge in [0.2, 0.25) is 0 Å². The first kappa shape index (κ1) is 17.7. The Morgan fingerprint density at radius 2 is 1.83 bits per heavy atom. The number of hydrogen-bond donors (Lipinski definition) is 0. The predicted octanol–water partition coefficient (Wildman–Crippen LogP) is -0.962. The summed E-state index contributed by atoms with van der Waals surface area (Å²) in [5.74, 6) is 0.395. The Balaban J connectivity index is 0.00000289. The van der Waals surface area contributed by atoms with Crippen LogP contribution in [0.4, 0.5) is 0 Å². The van der Waals surface area contributed by atoms with Gasteiger partial charge in [0.25, 0.3) is 0 Å². The van der Waals surface area contributed by atoms with Gasteiger partial charge in [-0.15, -0.1) is 0 Å². The van der Waals surface area contributed by atoms with E-state index in [0.29, 0.717) is 19.4 Å². The molecule has 0 atom stereocenters. The molecule has 6 heteroatoms. The van der Waals surface area contributed by atoms with Crippen LogP contribution < -0.4 is 34.3 Å². The molecular weight excluding hydrogens is 263 g/mol. The molecule has 0 fully saturated rings. The molecule has 0 aliphatic rings. The van der Waals surface area contributed by atoms with Crippen LogP contribution in [-0.2, 0) is 10.1 Å². The van der Waals surface area contributed by atoms with E-state index in [1.54, 1.807) is 6.08 Å². The molecule has 0 bridgehead atoms. The summed E-state index contributed by atoms with van der Waals surface area (Å²) in [4.78, 5) is 0. The molecule has 0 amide bonds. The summed E-state index contributed by atoms with van der Waals surface area (Å²) in [7, 11) is -4.09. The fourth-order valence-corrected chi connectivity index (χ4v) is 1.83. The van der Waals surface area contributed by atoms with Gasteiger partial charge in [-0.25, -0.2) is 8.42 Å². The van der Waals surface area contributed by atoms with Gasteiger partial charge >= 0.3 is 29.6 Å². The molecule has 1 aromatic rings. The van der Waals surface area contributed by atoms with E-state index < -0.39 is 10.1 Å². The molecule has 0 spiro atoms. The summed E-state index contributed by atoms with van der Waals surface area (Å²) in [6, 6.07) is 7.40. The molecule has 0 unspecified atom stereocenters. The molecule has 0 radical (unpaired) electrons. The van der Waals surface area contributed by atoms with Gasteiger partial charge in [0, 0.05) is 5.75 Å². The van der Waals surface area contributed by atoms with Gasteiger partial charge < -0.3 is 9.29 Å². The zero-order valence-electron chi connectivity index (χ0n) is 10.5. The molecule has 18 heavy (non-hydrogen) atoms. The fourth-order valence-electron chi connectivity index (χ4n) is 1.27. The minimum Gasteiger partial charge on any atom is -0.748 e. The third-order valence-corrected chi connectivity index (χ3v) is 2.96. The van der Waals surface area contributed by atoms with Crippen LogP contribution in [0.25, 0.3) is 6.08 Å². The topological polar surface area (TPSA) is 66.4 Å². The van der Waals surface area contributed by atoms with Gasteiger partial charge in [-0.05, 0) is 30.5 Å². The molecule has 0 aliphatic heterocycles. The molecule has 1 aromatic carbocycles. The average Bonchev–Trinajstić information content (AvgIpc) is 2.28. The SMILES string of the molecule is C=Cc1ccc(OCCCCS(=O)(=O)[O-])cc1.[Na+]. The Labute approximate surface area is 130 Å². The Morgan fingerprint density at radius 1 is 1.22 bits per heavy atom. The van der Waals surface area contributed by atoms with Crippen LogP contribution in [0.1, 0.15) is 18.4 Å². The van der Waals surface area contributed by atoms with Crippen molar-refractivity contribution in [2.24, 2.45) is 0 Å². The van der Waals surface area contributed by atoms with Crippen LogP contribution in [-0.4, -0.2) is 25.3 Å². The van der Waals surface area contributed by atoms with E-state index in [9.17, 15) is 13.0 Å². The van der Waals surface area contributed by atoms with Crippen molar-refractivity contribution < 1.29 is 47.3 Å². The number of ether oxygens (including phenoxy) is 1. The first-order valence-corrected chi connectivity index (χ1v) is 6.88. The van der Waals surface area contributed by atoms with Crippen molar-refractivity contribution in [1.82, 2.24) is 0 Å². The van der Waals surface area contributed by atoms with Gasteiger partial charge in [-0.1, -0.05) is 24.8 Å². The normalized spacial score (nSPS) is 10.5. The molecule has 0 saturated heterocycles. The van der Waals surface area contributed by atoms with Crippen LogP contribution in [0.5, 0.6) is 5.75 Å². The first-order valence-electron chi connectivity index (χ1n) is 5.30. The van der Waals surface area contributed by atoms with Gasteiger partial charge in [0.05, 0.1) is 16.7 Å². The van der Waals surface area contributed by atoms with Gasteiger partial charge in [-0.3, -0.25) is 0 Å². The van der Waals surface area contributed by atoms with Crippen molar-refractivity contribution >= 4 is 16.2 Å². The molecule has 0 N–H and O–H groups in total. The van der Waals surface area contributed by atoms with Crippen molar-refractivity contribution in [1.29, 1.82) is 0 Å². The van der Waals surface area contributed by atoms with E-state index in [4.69, 9.17) is 4.74 Å². The molecule has 0 aliphatic carbocycles. The maximum atomic E-state index is 10.3. The number of unbranched alkanes of at least 4 members (excludes halogenated alkanes) is 1. The zero-order chi connectivity index (χ0) is 12.7. The van der Waals surface area contributed by atoms with Crippen LogP contribution >= 0.6 is 0 Å². The second-order valence-corrected chi connectivity index (χ2v) is 5.11.